The zero-order chi connectivity index (χ0) is 24.8. The number of carbonyl (C=O) groups excluding carboxylic acids is 1. The molecule has 33 heavy (non-hydrogen) atoms. The second kappa shape index (κ2) is 15.9. The molecule has 2 aromatic rings. The predicted octanol–water partition coefficient (Wildman–Crippen LogP) is 6.79. The van der Waals surface area contributed by atoms with Crippen LogP contribution in [-0.4, -0.2) is 18.2 Å². The van der Waals surface area contributed by atoms with Gasteiger partial charge in [-0.1, -0.05) is 88.0 Å². The average molecular weight is 515 g/mol. The van der Waals surface area contributed by atoms with Gasteiger partial charge >= 0.3 is 5.91 Å². The van der Waals surface area contributed by atoms with E-state index in [0.29, 0.717) is 32.9 Å². The molecule has 0 bridgehead atoms. The first-order valence-corrected chi connectivity index (χ1v) is 12.8. The Hall–Kier alpha value is -1.79. The van der Waals surface area contributed by atoms with Crippen molar-refractivity contribution in [3.8, 4) is 0 Å². The number of benzene rings is 2. The molecule has 1 aliphatic rings. The van der Waals surface area contributed by atoms with Crippen molar-refractivity contribution < 1.29 is 10.2 Å². The van der Waals surface area contributed by atoms with Crippen LogP contribution in [0.3, 0.4) is 0 Å². The Morgan fingerprint density at radius 2 is 1.67 bits per heavy atom. The zero-order valence-electron chi connectivity index (χ0n) is 20.2. The van der Waals surface area contributed by atoms with Crippen LogP contribution < -0.4 is 15.9 Å². The highest BCUT2D eigenvalue weighted by molar-refractivity contribution is 6.40. The van der Waals surface area contributed by atoms with E-state index in [4.69, 9.17) is 34.8 Å². The Labute approximate surface area is 213 Å². The van der Waals surface area contributed by atoms with Crippen molar-refractivity contribution in [2.45, 2.75) is 66.3 Å². The van der Waals surface area contributed by atoms with Crippen LogP contribution in [-0.2, 0) is 4.79 Å². The first-order valence-electron chi connectivity index (χ1n) is 11.7. The molecular weight excluding hydrogens is 479 g/mol. The Kier molecular flexibility index (Phi) is 14.1. The lowest BCUT2D eigenvalue weighted by atomic mass is 10.0. The molecule has 2 aromatic carbocycles. The largest absolute Gasteiger partial charge is 0.312 e. The molecule has 5 nitrogen and oxygen atoms in total. The van der Waals surface area contributed by atoms with E-state index in [9.17, 15) is 4.79 Å². The molecular formula is C25H36Cl3N4O+. The van der Waals surface area contributed by atoms with E-state index in [1.165, 1.54) is 0 Å². The minimum atomic E-state index is -0.187. The topological polar surface area (TPSA) is 61.3 Å². The zero-order valence-corrected chi connectivity index (χ0v) is 22.4. The minimum Gasteiger partial charge on any atom is -0.263 e. The summed E-state index contributed by atoms with van der Waals surface area (Å²) >= 11 is 18.5. The summed E-state index contributed by atoms with van der Waals surface area (Å²) in [5.74, 6) is -0.187. The fraction of sp³-hybridized carbons (Fsp3) is 0.440. The van der Waals surface area contributed by atoms with Crippen LogP contribution in [0.25, 0.3) is 0 Å². The fourth-order valence-electron chi connectivity index (χ4n) is 3.23. The normalized spacial score (nSPS) is 14.5. The molecule has 0 radical (unpaired) electrons. The van der Waals surface area contributed by atoms with E-state index in [-0.39, 0.29) is 11.9 Å². The summed E-state index contributed by atoms with van der Waals surface area (Å²) in [7, 11) is 0. The summed E-state index contributed by atoms with van der Waals surface area (Å²) in [6.07, 6.45) is 3.82. The number of quaternary nitrogens is 1. The lowest BCUT2D eigenvalue weighted by Gasteiger charge is -2.25. The molecule has 0 aliphatic carbocycles. The van der Waals surface area contributed by atoms with Gasteiger partial charge in [0.1, 0.15) is 5.71 Å². The molecule has 0 spiro atoms. The first kappa shape index (κ1) is 29.2. The van der Waals surface area contributed by atoms with E-state index in [0.717, 1.165) is 31.4 Å². The van der Waals surface area contributed by atoms with E-state index in [2.05, 4.69) is 17.5 Å². The highest BCUT2D eigenvalue weighted by Gasteiger charge is 2.33. The number of anilines is 1. The van der Waals surface area contributed by atoms with Crippen LogP contribution in [0, 0.1) is 0 Å². The molecule has 1 unspecified atom stereocenters. The smallest absolute Gasteiger partial charge is 0.263 e. The lowest BCUT2D eigenvalue weighted by molar-refractivity contribution is -0.698. The number of hydrogen-bond donors (Lipinski definition) is 2. The van der Waals surface area contributed by atoms with E-state index in [1.54, 1.807) is 17.1 Å². The Morgan fingerprint density at radius 3 is 2.27 bits per heavy atom. The van der Waals surface area contributed by atoms with Gasteiger partial charge in [0.15, 0.2) is 0 Å². The number of rotatable bonds is 8. The number of nitrogens with one attached hydrogen (secondary N) is 1. The van der Waals surface area contributed by atoms with Crippen LogP contribution in [0.2, 0.25) is 15.1 Å². The van der Waals surface area contributed by atoms with Gasteiger partial charge in [0.25, 0.3) is 0 Å². The predicted molar refractivity (Wildman–Crippen MR) is 142 cm³/mol. The minimum absolute atomic E-state index is 0.160. The molecule has 1 amide bonds. The second-order valence-electron chi connectivity index (χ2n) is 6.93. The van der Waals surface area contributed by atoms with Crippen molar-refractivity contribution in [1.29, 1.82) is 0 Å². The van der Waals surface area contributed by atoms with Crippen LogP contribution in [0.4, 0.5) is 5.69 Å². The molecule has 0 saturated carbocycles. The number of hydrogen-bond acceptors (Lipinski definition) is 3. The third-order valence-corrected chi connectivity index (χ3v) is 5.56. The molecule has 1 heterocycles. The number of nitrogens with zero attached hydrogens (tertiary/aromatic N) is 2. The highest BCUT2D eigenvalue weighted by atomic mass is 35.5. The van der Waals surface area contributed by atoms with E-state index >= 15 is 0 Å². The molecule has 1 aliphatic heterocycles. The summed E-state index contributed by atoms with van der Waals surface area (Å²) in [4.78, 5) is 12.6. The standard InChI is InChI=1S/C21H23Cl3N4O.2C2H6/c1-2-3-4-11-25-26-21(29)18-13-20(14-5-7-15(22)8-6-14)28(27-18)19-10-9-16(23)12-17(19)24;2*1-2/h5-10,12,20,25H,2-4,11,13H2,1H3,(H,26,29);2*1-2H3/p+1. The molecule has 182 valence electrons. The van der Waals surface area contributed by atoms with Crippen molar-refractivity contribution in [1.82, 2.24) is 5.43 Å². The molecule has 3 N–H and O–H groups in total. The molecule has 0 saturated heterocycles. The van der Waals surface area contributed by atoms with Crippen molar-refractivity contribution in [3.63, 3.8) is 0 Å². The fourth-order valence-corrected chi connectivity index (χ4v) is 3.85. The van der Waals surface area contributed by atoms with Gasteiger partial charge in [0.2, 0.25) is 0 Å². The van der Waals surface area contributed by atoms with E-state index in [1.807, 2.05) is 63.5 Å². The van der Waals surface area contributed by atoms with Gasteiger partial charge in [-0.3, -0.25) is 9.80 Å². The van der Waals surface area contributed by atoms with Crippen molar-refractivity contribution in [3.05, 3.63) is 63.1 Å². The summed E-state index contributed by atoms with van der Waals surface area (Å²) in [5.41, 5.74) is 6.84. The van der Waals surface area contributed by atoms with Gasteiger partial charge < -0.3 is 0 Å². The maximum Gasteiger partial charge on any atom is 0.312 e. The summed E-state index contributed by atoms with van der Waals surface area (Å²) in [6, 6.07) is 12.6. The first-order chi connectivity index (χ1) is 16.0. The van der Waals surface area contributed by atoms with Crippen LogP contribution in [0.5, 0.6) is 0 Å². The Morgan fingerprint density at radius 1 is 1.03 bits per heavy atom. The maximum atomic E-state index is 12.6. The number of hydrazone groups is 1. The van der Waals surface area contributed by atoms with Crippen molar-refractivity contribution in [2.75, 3.05) is 11.6 Å². The lowest BCUT2D eigenvalue weighted by Crippen LogP contribution is -2.94. The molecule has 3 rings (SSSR count). The van der Waals surface area contributed by atoms with Gasteiger partial charge in [0, 0.05) is 16.5 Å². The number of amides is 1. The van der Waals surface area contributed by atoms with Crippen LogP contribution >= 0.6 is 34.8 Å². The monoisotopic (exact) mass is 513 g/mol. The highest BCUT2D eigenvalue weighted by Crippen LogP contribution is 2.39. The Balaban J connectivity index is 0.00000129. The van der Waals surface area contributed by atoms with Crippen molar-refractivity contribution in [2.24, 2.45) is 5.10 Å². The Bertz CT molecular complexity index is 888. The molecule has 0 aromatic heterocycles. The number of nitrogens with two attached hydrogens (primary N) is 1. The van der Waals surface area contributed by atoms with Gasteiger partial charge in [-0.05, 0) is 48.7 Å². The van der Waals surface area contributed by atoms with E-state index < -0.39 is 0 Å². The number of carbonyl (C=O) groups is 1. The van der Waals surface area contributed by atoms with Gasteiger partial charge in [-0.2, -0.15) is 10.5 Å². The molecule has 1 atom stereocenters. The molecule has 8 heteroatoms. The quantitative estimate of drug-likeness (QED) is 0.176. The summed E-state index contributed by atoms with van der Waals surface area (Å²) in [5, 5.41) is 8.07. The summed E-state index contributed by atoms with van der Waals surface area (Å²) < 4.78 is 0. The van der Waals surface area contributed by atoms with Gasteiger partial charge in [-0.25, -0.2) is 5.43 Å². The average Bonchev–Trinajstić information content (AvgIpc) is 3.27. The SMILES string of the molecule is CC.CC.CCCCC[NH2+]NC(=O)C1=NN(c2ccc(Cl)cc2Cl)C(c2ccc(Cl)cc2)C1. The van der Waals surface area contributed by atoms with Gasteiger partial charge in [0.05, 0.1) is 23.3 Å². The van der Waals surface area contributed by atoms with Crippen molar-refractivity contribution >= 4 is 52.1 Å². The van der Waals surface area contributed by atoms with Crippen LogP contribution in [0.15, 0.2) is 47.6 Å². The number of unbranched alkanes of at least 4 members (excludes halogenated alkanes) is 2. The summed E-state index contributed by atoms with van der Waals surface area (Å²) in [6.45, 7) is 11.0. The number of halogens is 3. The third-order valence-electron chi connectivity index (χ3n) is 4.77. The second-order valence-corrected chi connectivity index (χ2v) is 8.21. The molecule has 0 fully saturated rings. The maximum absolute atomic E-state index is 12.6. The van der Waals surface area contributed by atoms with Crippen LogP contribution in [0.1, 0.15) is 71.9 Å². The van der Waals surface area contributed by atoms with Gasteiger partial charge in [-0.15, -0.1) is 0 Å². The third kappa shape index (κ3) is 8.82.